The highest BCUT2D eigenvalue weighted by Gasteiger charge is 2.53. The molecule has 1 aromatic rings. The predicted octanol–water partition coefficient (Wildman–Crippen LogP) is 5.27. The maximum Gasteiger partial charge on any atom is 0.401 e. The lowest BCUT2D eigenvalue weighted by atomic mass is 9.71. The van der Waals surface area contributed by atoms with E-state index in [-0.39, 0.29) is 54.3 Å². The number of ether oxygens (including phenoxy) is 2. The molecule has 0 saturated heterocycles. The van der Waals surface area contributed by atoms with Gasteiger partial charge in [-0.3, -0.25) is 4.79 Å². The Kier molecular flexibility index (Phi) is 9.08. The number of halogens is 2. The first-order valence-corrected chi connectivity index (χ1v) is 12.6. The molecule has 0 fully saturated rings. The van der Waals surface area contributed by atoms with Gasteiger partial charge >= 0.3 is 18.0 Å². The van der Waals surface area contributed by atoms with Gasteiger partial charge in [-0.25, -0.2) is 9.59 Å². The zero-order chi connectivity index (χ0) is 29.0. The molecule has 2 atom stereocenters. The largest absolute Gasteiger partial charge is 0.478 e. The topological polar surface area (TPSA) is 142 Å². The minimum atomic E-state index is -3.50. The highest BCUT2D eigenvalue weighted by Crippen LogP contribution is 2.56. The number of carbonyl (C=O) groups excluding carboxylic acids is 2. The molecule has 0 radical (unpaired) electrons. The number of alkyl halides is 2. The van der Waals surface area contributed by atoms with Gasteiger partial charge in [0.25, 0.3) is 5.09 Å². The number of aliphatic carboxylic acids is 1. The normalized spacial score (nSPS) is 19.8. The van der Waals surface area contributed by atoms with E-state index in [0.29, 0.717) is 31.4 Å². The fourth-order valence-corrected chi connectivity index (χ4v) is 4.92. The number of fused-ring (bicyclic) bond motifs is 3. The number of carboxylic acid groups (broad SMARTS) is 1. The molecule has 0 aromatic heterocycles. The second-order valence-corrected chi connectivity index (χ2v) is 10.3. The van der Waals surface area contributed by atoms with Crippen LogP contribution in [0.25, 0.3) is 0 Å². The van der Waals surface area contributed by atoms with Gasteiger partial charge in [0.2, 0.25) is 0 Å². The summed E-state index contributed by atoms with van der Waals surface area (Å²) in [4.78, 5) is 50.9. The molecule has 1 N–H and O–H groups in total. The Morgan fingerprint density at radius 2 is 1.95 bits per heavy atom. The van der Waals surface area contributed by atoms with Crippen molar-refractivity contribution >= 4 is 17.7 Å². The number of Topliss-reactive ketones (excluding diaryl/α,β-unsaturated/α-hetero) is 1. The Morgan fingerprint density at radius 3 is 2.62 bits per heavy atom. The van der Waals surface area contributed by atoms with Gasteiger partial charge in [-0.1, -0.05) is 18.1 Å². The average Bonchev–Trinajstić information content (AvgIpc) is 2.83. The van der Waals surface area contributed by atoms with Crippen LogP contribution in [-0.4, -0.2) is 40.6 Å². The minimum absolute atomic E-state index is 0.0632. The molecule has 12 heteroatoms. The zero-order valence-electron chi connectivity index (χ0n) is 21.9. The summed E-state index contributed by atoms with van der Waals surface area (Å²) in [5.74, 6) is -4.80. The number of hydrogen-bond acceptors (Lipinski definition) is 8. The van der Waals surface area contributed by atoms with Crippen molar-refractivity contribution in [3.8, 4) is 11.5 Å². The van der Waals surface area contributed by atoms with Crippen LogP contribution >= 0.6 is 0 Å². The van der Waals surface area contributed by atoms with Crippen LogP contribution in [-0.2, 0) is 24.6 Å². The average molecular weight is 552 g/mol. The summed E-state index contributed by atoms with van der Waals surface area (Å²) in [5.41, 5.74) is 0.257. The second-order valence-electron chi connectivity index (χ2n) is 10.3. The van der Waals surface area contributed by atoms with Crippen molar-refractivity contribution in [2.24, 2.45) is 5.92 Å². The number of hydrogen-bond donors (Lipinski definition) is 1. The van der Waals surface area contributed by atoms with Gasteiger partial charge in [-0.2, -0.15) is 8.78 Å². The molecule has 1 aliphatic carbocycles. The van der Waals surface area contributed by atoms with Crippen molar-refractivity contribution in [2.45, 2.75) is 76.7 Å². The van der Waals surface area contributed by atoms with Crippen molar-refractivity contribution in [3.05, 3.63) is 57.2 Å². The van der Waals surface area contributed by atoms with Crippen LogP contribution < -0.4 is 9.47 Å². The van der Waals surface area contributed by atoms with E-state index in [2.05, 4.69) is 4.84 Å². The Labute approximate surface area is 223 Å². The number of carboxylic acids is 1. The van der Waals surface area contributed by atoms with E-state index in [4.69, 9.17) is 14.6 Å². The fraction of sp³-hybridized carbons (Fsp3) is 0.519. The van der Waals surface area contributed by atoms with E-state index in [1.807, 2.05) is 6.92 Å². The SMILES string of the molecule is CC1=CC[C@@H]2[C@@H](C1)c1c(OC(=O)/C=C/C(=O)O)cc(C(C)(C)C(=O)CCCCCO[N+](=O)[O-])cc1OC2(F)F. The molecule has 10 nitrogen and oxygen atoms in total. The van der Waals surface area contributed by atoms with Gasteiger partial charge in [0, 0.05) is 35.5 Å². The fourth-order valence-electron chi connectivity index (χ4n) is 4.92. The van der Waals surface area contributed by atoms with Crippen LogP contribution in [0.5, 0.6) is 11.5 Å². The maximum atomic E-state index is 15.1. The van der Waals surface area contributed by atoms with Gasteiger partial charge in [-0.05, 0) is 64.2 Å². The monoisotopic (exact) mass is 551 g/mol. The van der Waals surface area contributed by atoms with Crippen LogP contribution in [0.1, 0.15) is 76.3 Å². The molecule has 3 rings (SSSR count). The van der Waals surface area contributed by atoms with Crippen LogP contribution in [0.3, 0.4) is 0 Å². The molecule has 2 aliphatic rings. The molecular formula is C27H31F2NO9. The molecule has 39 heavy (non-hydrogen) atoms. The molecular weight excluding hydrogens is 520 g/mol. The lowest BCUT2D eigenvalue weighted by Gasteiger charge is -2.42. The molecule has 0 bridgehead atoms. The quantitative estimate of drug-likeness (QED) is 0.0699. The van der Waals surface area contributed by atoms with Gasteiger partial charge < -0.3 is 19.4 Å². The first-order valence-electron chi connectivity index (χ1n) is 12.6. The number of nitrogens with zero attached hydrogens (tertiary/aromatic N) is 1. The van der Waals surface area contributed by atoms with Gasteiger partial charge in [0.15, 0.2) is 0 Å². The summed E-state index contributed by atoms with van der Waals surface area (Å²) in [6, 6.07) is 2.83. The Hall–Kier alpha value is -3.83. The predicted molar refractivity (Wildman–Crippen MR) is 133 cm³/mol. The van der Waals surface area contributed by atoms with Crippen molar-refractivity contribution in [1.82, 2.24) is 0 Å². The molecule has 1 aliphatic heterocycles. The van der Waals surface area contributed by atoms with E-state index < -0.39 is 40.4 Å². The number of carbonyl (C=O) groups is 3. The molecule has 0 spiro atoms. The number of benzene rings is 1. The van der Waals surface area contributed by atoms with E-state index in [0.717, 1.165) is 5.57 Å². The van der Waals surface area contributed by atoms with Crippen LogP contribution in [0.2, 0.25) is 0 Å². The first kappa shape index (κ1) is 29.7. The van der Waals surface area contributed by atoms with Crippen molar-refractivity contribution in [2.75, 3.05) is 6.61 Å². The van der Waals surface area contributed by atoms with E-state index in [9.17, 15) is 24.5 Å². The highest BCUT2D eigenvalue weighted by molar-refractivity contribution is 5.92. The van der Waals surface area contributed by atoms with Crippen LogP contribution in [0.15, 0.2) is 35.9 Å². The van der Waals surface area contributed by atoms with Gasteiger partial charge in [0.05, 0.1) is 12.5 Å². The smallest absolute Gasteiger partial charge is 0.401 e. The maximum absolute atomic E-state index is 15.1. The number of unbranched alkanes of at least 4 members (excludes halogenated alkanes) is 2. The number of allylic oxidation sites excluding steroid dienone is 2. The van der Waals surface area contributed by atoms with E-state index in [1.165, 1.54) is 12.1 Å². The van der Waals surface area contributed by atoms with Crippen LogP contribution in [0.4, 0.5) is 8.78 Å². The minimum Gasteiger partial charge on any atom is -0.478 e. The summed E-state index contributed by atoms with van der Waals surface area (Å²) in [6.07, 6.45) is 1.32. The van der Waals surface area contributed by atoms with E-state index >= 15 is 8.78 Å². The standard InChI is InChI=1S/C27H31F2NO9/c1-16-8-9-19-18(13-16)25-20(38-24(34)11-10-23(32)33)14-17(15-21(25)39-27(19,28)29)26(2,3)22(31)7-5-4-6-12-37-30(35)36/h8,10-11,14-15,18-19H,4-7,9,12-13H2,1-3H3,(H,32,33)/b11-10+/t18-,19-/m1/s1. The number of esters is 1. The number of rotatable bonds is 12. The van der Waals surface area contributed by atoms with Crippen molar-refractivity contribution in [3.63, 3.8) is 0 Å². The summed E-state index contributed by atoms with van der Waals surface area (Å²) in [5, 5.41) is 18.2. The Balaban J connectivity index is 1.94. The zero-order valence-corrected chi connectivity index (χ0v) is 21.9. The van der Waals surface area contributed by atoms with Crippen molar-refractivity contribution < 1.29 is 47.7 Å². The van der Waals surface area contributed by atoms with E-state index in [1.54, 1.807) is 19.9 Å². The van der Waals surface area contributed by atoms with Crippen molar-refractivity contribution in [1.29, 1.82) is 0 Å². The third-order valence-corrected chi connectivity index (χ3v) is 7.14. The first-order chi connectivity index (χ1) is 18.2. The summed E-state index contributed by atoms with van der Waals surface area (Å²) in [6.45, 7) is 4.97. The third-order valence-electron chi connectivity index (χ3n) is 7.14. The second kappa shape index (κ2) is 11.9. The highest BCUT2D eigenvalue weighted by atomic mass is 19.3. The molecule has 0 amide bonds. The number of ketones is 1. The molecule has 1 aromatic carbocycles. The molecule has 1 heterocycles. The summed E-state index contributed by atoms with van der Waals surface area (Å²) >= 11 is 0. The molecule has 0 saturated carbocycles. The Bertz CT molecular complexity index is 1210. The molecule has 212 valence electrons. The lowest BCUT2D eigenvalue weighted by molar-refractivity contribution is -0.757. The summed E-state index contributed by atoms with van der Waals surface area (Å²) < 4.78 is 40.8. The molecule has 0 unspecified atom stereocenters. The van der Waals surface area contributed by atoms with Crippen LogP contribution in [0, 0.1) is 16.0 Å². The lowest BCUT2D eigenvalue weighted by Crippen LogP contribution is -2.43. The van der Waals surface area contributed by atoms with Gasteiger partial charge in [-0.15, -0.1) is 10.1 Å². The summed E-state index contributed by atoms with van der Waals surface area (Å²) in [7, 11) is 0. The Morgan fingerprint density at radius 1 is 1.23 bits per heavy atom. The van der Waals surface area contributed by atoms with Gasteiger partial charge in [0.1, 0.15) is 17.3 Å². The third kappa shape index (κ3) is 7.18.